The van der Waals surface area contributed by atoms with E-state index >= 15 is 0 Å². The monoisotopic (exact) mass is 495 g/mol. The Morgan fingerprint density at radius 3 is 2.53 bits per heavy atom. The van der Waals surface area contributed by atoms with E-state index in [1.807, 2.05) is 0 Å². The van der Waals surface area contributed by atoms with Crippen LogP contribution in [0.1, 0.15) is 27.3 Å². The smallest absolute Gasteiger partial charge is 0.437 e. The Kier molecular flexibility index (Phi) is 6.73. The van der Waals surface area contributed by atoms with E-state index in [1.54, 1.807) is 6.07 Å². The van der Waals surface area contributed by atoms with Crippen LogP contribution in [0.2, 0.25) is 5.02 Å². The maximum atomic E-state index is 13.5. The summed E-state index contributed by atoms with van der Waals surface area (Å²) in [5.41, 5.74) is -4.03. The molecule has 0 atom stereocenters. The number of aromatic nitrogens is 4. The molecule has 3 rings (SSSR count). The van der Waals surface area contributed by atoms with Crippen LogP contribution in [0, 0.1) is 11.3 Å². The van der Waals surface area contributed by atoms with Gasteiger partial charge < -0.3 is 9.47 Å². The summed E-state index contributed by atoms with van der Waals surface area (Å²) in [6.45, 7) is -0.461. The molecule has 0 saturated carbocycles. The van der Waals surface area contributed by atoms with Gasteiger partial charge in [-0.2, -0.15) is 23.5 Å². The van der Waals surface area contributed by atoms with Crippen LogP contribution in [0.25, 0.3) is 0 Å². The first-order chi connectivity index (χ1) is 15.9. The van der Waals surface area contributed by atoms with Gasteiger partial charge in [0.05, 0.1) is 37.3 Å². The summed E-state index contributed by atoms with van der Waals surface area (Å²) in [4.78, 5) is 40.1. The molecule has 0 fully saturated rings. The van der Waals surface area contributed by atoms with Gasteiger partial charge in [-0.1, -0.05) is 11.6 Å². The minimum atomic E-state index is -5.04. The van der Waals surface area contributed by atoms with Crippen LogP contribution in [0.5, 0.6) is 11.5 Å². The van der Waals surface area contributed by atoms with Crippen LogP contribution in [-0.4, -0.2) is 32.4 Å². The molecule has 0 aliphatic rings. The number of rotatable bonds is 5. The molecule has 3 aromatic rings. The zero-order valence-corrected chi connectivity index (χ0v) is 18.1. The molecule has 0 N–H and O–H groups in total. The van der Waals surface area contributed by atoms with Crippen molar-refractivity contribution in [3.8, 4) is 17.6 Å². The van der Waals surface area contributed by atoms with Crippen LogP contribution in [-0.2, 0) is 24.5 Å². The maximum absolute atomic E-state index is 13.5. The number of esters is 1. The average Bonchev–Trinajstić information content (AvgIpc) is 2.77. The summed E-state index contributed by atoms with van der Waals surface area (Å²) in [5.74, 6) is -2.42. The molecular weight excluding hydrogens is 483 g/mol. The van der Waals surface area contributed by atoms with Gasteiger partial charge in [0, 0.05) is 12.1 Å². The highest BCUT2D eigenvalue weighted by Gasteiger charge is 2.39. The zero-order chi connectivity index (χ0) is 25.2. The Morgan fingerprint density at radius 1 is 1.21 bits per heavy atom. The number of methoxy groups -OCH3 is 1. The summed E-state index contributed by atoms with van der Waals surface area (Å²) < 4.78 is 51.8. The van der Waals surface area contributed by atoms with Crippen molar-refractivity contribution >= 4 is 17.6 Å². The largest absolute Gasteiger partial charge is 0.465 e. The second-order valence-electron chi connectivity index (χ2n) is 6.71. The summed E-state index contributed by atoms with van der Waals surface area (Å²) in [6.07, 6.45) is -4.42. The lowest BCUT2D eigenvalue weighted by Gasteiger charge is -2.15. The number of nitrogens with zero attached hydrogens (tertiary/aromatic N) is 5. The average molecular weight is 496 g/mol. The standard InChI is InChI=1S/C20H13ClF3N5O5/c1-28-17(30)14(19(32)33-2)6-12(27-28)8-29-9-26-16(20(22,23)24)15(18(29)31)34-13-4-10(7-25)3-11(21)5-13/h3-6,9H,8H2,1-2H3. The lowest BCUT2D eigenvalue weighted by atomic mass is 10.2. The number of alkyl halides is 3. The van der Waals surface area contributed by atoms with Crippen LogP contribution in [0.4, 0.5) is 13.2 Å². The minimum absolute atomic E-state index is 0.00318. The number of nitriles is 1. The second-order valence-corrected chi connectivity index (χ2v) is 7.15. The van der Waals surface area contributed by atoms with E-state index in [0.717, 1.165) is 34.6 Å². The molecule has 0 aliphatic heterocycles. The molecule has 0 aliphatic carbocycles. The van der Waals surface area contributed by atoms with Gasteiger partial charge >= 0.3 is 12.1 Å². The van der Waals surface area contributed by atoms with Gasteiger partial charge in [0.25, 0.3) is 11.1 Å². The van der Waals surface area contributed by atoms with Crippen LogP contribution >= 0.6 is 11.6 Å². The highest BCUT2D eigenvalue weighted by Crippen LogP contribution is 2.35. The van der Waals surface area contributed by atoms with E-state index in [1.165, 1.54) is 13.1 Å². The molecule has 0 radical (unpaired) electrons. The molecule has 0 saturated heterocycles. The van der Waals surface area contributed by atoms with Crippen molar-refractivity contribution in [1.29, 1.82) is 5.26 Å². The van der Waals surface area contributed by atoms with Crippen LogP contribution < -0.4 is 15.9 Å². The highest BCUT2D eigenvalue weighted by atomic mass is 35.5. The third kappa shape index (κ3) is 5.07. The fraction of sp³-hybridized carbons (Fsp3) is 0.200. The predicted molar refractivity (Wildman–Crippen MR) is 110 cm³/mol. The number of hydrogen-bond acceptors (Lipinski definition) is 8. The lowest BCUT2D eigenvalue weighted by Crippen LogP contribution is -2.30. The molecule has 0 spiro atoms. The predicted octanol–water partition coefficient (Wildman–Crippen LogP) is 2.51. The molecule has 0 amide bonds. The van der Waals surface area contributed by atoms with Crippen LogP contribution in [0.3, 0.4) is 0 Å². The fourth-order valence-electron chi connectivity index (χ4n) is 2.86. The summed E-state index contributed by atoms with van der Waals surface area (Å²) >= 11 is 5.86. The number of carbonyl (C=O) groups excluding carboxylic acids is 1. The zero-order valence-electron chi connectivity index (χ0n) is 17.4. The molecule has 1 aromatic carbocycles. The van der Waals surface area contributed by atoms with Crippen molar-refractivity contribution in [3.05, 3.63) is 78.8 Å². The van der Waals surface area contributed by atoms with Gasteiger partial charge in [-0.3, -0.25) is 14.2 Å². The molecular formula is C20H13ClF3N5O5. The van der Waals surface area contributed by atoms with Gasteiger partial charge in [0.15, 0.2) is 5.69 Å². The van der Waals surface area contributed by atoms with Crippen molar-refractivity contribution in [1.82, 2.24) is 19.3 Å². The van der Waals surface area contributed by atoms with E-state index < -0.39 is 41.3 Å². The van der Waals surface area contributed by atoms with Crippen LogP contribution in [0.15, 0.2) is 40.2 Å². The molecule has 10 nitrogen and oxygen atoms in total. The molecule has 14 heteroatoms. The van der Waals surface area contributed by atoms with Crippen molar-refractivity contribution in [3.63, 3.8) is 0 Å². The van der Waals surface area contributed by atoms with Crippen molar-refractivity contribution in [2.24, 2.45) is 7.05 Å². The quantitative estimate of drug-likeness (QED) is 0.494. The van der Waals surface area contributed by atoms with Crippen molar-refractivity contribution in [2.75, 3.05) is 7.11 Å². The highest BCUT2D eigenvalue weighted by molar-refractivity contribution is 6.30. The summed E-state index contributed by atoms with van der Waals surface area (Å²) in [7, 11) is 2.30. The Labute approximate surface area is 193 Å². The third-order valence-corrected chi connectivity index (χ3v) is 4.55. The van der Waals surface area contributed by atoms with Gasteiger partial charge in [-0.25, -0.2) is 14.5 Å². The van der Waals surface area contributed by atoms with E-state index in [9.17, 15) is 27.6 Å². The number of hydrogen-bond donors (Lipinski definition) is 0. The molecule has 2 aromatic heterocycles. The first-order valence-electron chi connectivity index (χ1n) is 9.15. The maximum Gasteiger partial charge on any atom is 0.437 e. The van der Waals surface area contributed by atoms with E-state index in [4.69, 9.17) is 21.6 Å². The Balaban J connectivity index is 2.12. The van der Waals surface area contributed by atoms with E-state index in [-0.39, 0.29) is 27.6 Å². The van der Waals surface area contributed by atoms with Gasteiger partial charge in [0.2, 0.25) is 5.75 Å². The minimum Gasteiger partial charge on any atom is -0.465 e. The summed E-state index contributed by atoms with van der Waals surface area (Å²) in [6, 6.07) is 6.29. The molecule has 0 bridgehead atoms. The molecule has 34 heavy (non-hydrogen) atoms. The third-order valence-electron chi connectivity index (χ3n) is 4.34. The first kappa shape index (κ1) is 24.5. The number of ether oxygens (including phenoxy) is 2. The van der Waals surface area contributed by atoms with Gasteiger partial charge in [-0.05, 0) is 24.3 Å². The van der Waals surface area contributed by atoms with E-state index in [2.05, 4.69) is 14.8 Å². The van der Waals surface area contributed by atoms with Gasteiger partial charge in [0.1, 0.15) is 11.3 Å². The number of aryl methyl sites for hydroxylation is 1. The van der Waals surface area contributed by atoms with Gasteiger partial charge in [-0.15, -0.1) is 0 Å². The lowest BCUT2D eigenvalue weighted by molar-refractivity contribution is -0.142. The normalized spacial score (nSPS) is 11.1. The van der Waals surface area contributed by atoms with Crippen molar-refractivity contribution < 1.29 is 27.4 Å². The number of carbonyl (C=O) groups is 1. The Bertz CT molecular complexity index is 1440. The fourth-order valence-corrected chi connectivity index (χ4v) is 3.08. The second kappa shape index (κ2) is 9.36. The first-order valence-corrected chi connectivity index (χ1v) is 9.53. The molecule has 2 heterocycles. The Hall–Kier alpha value is -4.18. The number of halogens is 4. The summed E-state index contributed by atoms with van der Waals surface area (Å²) in [5, 5.41) is 12.9. The SMILES string of the molecule is COC(=O)c1cc(Cn2cnc(C(F)(F)F)c(Oc3cc(Cl)cc(C#N)c3)c2=O)nn(C)c1=O. The Morgan fingerprint density at radius 2 is 1.91 bits per heavy atom. The topological polar surface area (TPSA) is 129 Å². The van der Waals surface area contributed by atoms with E-state index in [0.29, 0.717) is 6.33 Å². The molecule has 0 unspecified atom stereocenters. The van der Waals surface area contributed by atoms with Crippen molar-refractivity contribution in [2.45, 2.75) is 12.7 Å². The number of benzene rings is 1. The molecule has 176 valence electrons.